The molecule has 1 saturated heterocycles. The minimum Gasteiger partial charge on any atom is -0.379 e. The lowest BCUT2D eigenvalue weighted by Crippen LogP contribution is -2.40. The third-order valence-corrected chi connectivity index (χ3v) is 6.74. The molecule has 0 spiro atoms. The quantitative estimate of drug-likeness (QED) is 0.792. The zero-order chi connectivity index (χ0) is 18.6. The fourth-order valence-electron chi connectivity index (χ4n) is 2.70. The average Bonchev–Trinajstić information content (AvgIpc) is 2.68. The van der Waals surface area contributed by atoms with E-state index >= 15 is 0 Å². The Morgan fingerprint density at radius 3 is 2.58 bits per heavy atom. The summed E-state index contributed by atoms with van der Waals surface area (Å²) in [5.41, 5.74) is 1.00. The summed E-state index contributed by atoms with van der Waals surface area (Å²) in [6.07, 6.45) is 1.90. The highest BCUT2D eigenvalue weighted by molar-refractivity contribution is 7.98. The van der Waals surface area contributed by atoms with E-state index in [1.54, 1.807) is 24.3 Å². The lowest BCUT2D eigenvalue weighted by atomic mass is 10.2. The molecule has 1 heterocycles. The van der Waals surface area contributed by atoms with Gasteiger partial charge in [0.05, 0.1) is 23.7 Å². The number of carbonyl (C=O) groups excluding carboxylic acids is 1. The summed E-state index contributed by atoms with van der Waals surface area (Å²) in [6.45, 7) is 1.45. The van der Waals surface area contributed by atoms with Crippen LogP contribution in [0.3, 0.4) is 0 Å². The Bertz CT molecular complexity index is 894. The van der Waals surface area contributed by atoms with Crippen molar-refractivity contribution in [1.82, 2.24) is 4.31 Å². The van der Waals surface area contributed by atoms with Crippen LogP contribution in [0, 0.1) is 0 Å². The second kappa shape index (κ2) is 8.22. The van der Waals surface area contributed by atoms with Gasteiger partial charge in [0.15, 0.2) is 0 Å². The molecular formula is C18H20N2O4S2. The normalized spacial score (nSPS) is 15.6. The van der Waals surface area contributed by atoms with Gasteiger partial charge in [-0.1, -0.05) is 18.2 Å². The van der Waals surface area contributed by atoms with E-state index < -0.39 is 10.0 Å². The number of rotatable bonds is 5. The minimum atomic E-state index is -3.60. The van der Waals surface area contributed by atoms with Crippen molar-refractivity contribution in [1.29, 1.82) is 0 Å². The van der Waals surface area contributed by atoms with Crippen molar-refractivity contribution in [2.75, 3.05) is 37.9 Å². The van der Waals surface area contributed by atoms with E-state index in [1.807, 2.05) is 18.4 Å². The number of anilines is 1. The van der Waals surface area contributed by atoms with Crippen molar-refractivity contribution in [2.24, 2.45) is 0 Å². The molecule has 3 rings (SSSR count). The molecule has 1 fully saturated rings. The molecule has 0 unspecified atom stereocenters. The summed E-state index contributed by atoms with van der Waals surface area (Å²) >= 11 is 1.49. The summed E-state index contributed by atoms with van der Waals surface area (Å²) < 4.78 is 32.1. The van der Waals surface area contributed by atoms with Gasteiger partial charge in [-0.2, -0.15) is 4.31 Å². The standard InChI is InChI=1S/C18H20N2O4S2/c1-25-17-8-3-2-7-16(17)18(21)19-14-5-4-6-15(13-14)26(22,23)20-9-11-24-12-10-20/h2-8,13H,9-12H2,1H3,(H,19,21). The van der Waals surface area contributed by atoms with E-state index in [-0.39, 0.29) is 10.8 Å². The number of sulfonamides is 1. The second-order valence-corrected chi connectivity index (χ2v) is 8.48. The van der Waals surface area contributed by atoms with Gasteiger partial charge in [0.25, 0.3) is 5.91 Å². The summed E-state index contributed by atoms with van der Waals surface area (Å²) in [7, 11) is -3.60. The Kier molecular flexibility index (Phi) is 5.98. The molecule has 1 amide bonds. The molecule has 0 saturated carbocycles. The number of nitrogens with zero attached hydrogens (tertiary/aromatic N) is 1. The molecule has 2 aromatic carbocycles. The van der Waals surface area contributed by atoms with E-state index in [4.69, 9.17) is 4.74 Å². The van der Waals surface area contributed by atoms with Crippen LogP contribution in [0.4, 0.5) is 5.69 Å². The van der Waals surface area contributed by atoms with Crippen LogP contribution < -0.4 is 5.32 Å². The third-order valence-electron chi connectivity index (χ3n) is 4.05. The number of ether oxygens (including phenoxy) is 1. The van der Waals surface area contributed by atoms with Gasteiger partial charge in [-0.3, -0.25) is 4.79 Å². The maximum Gasteiger partial charge on any atom is 0.256 e. The lowest BCUT2D eigenvalue weighted by Gasteiger charge is -2.26. The number of hydrogen-bond acceptors (Lipinski definition) is 5. The number of benzene rings is 2. The molecule has 1 aliphatic rings. The van der Waals surface area contributed by atoms with E-state index in [1.165, 1.54) is 28.2 Å². The van der Waals surface area contributed by atoms with Gasteiger partial charge in [0.1, 0.15) is 0 Å². The van der Waals surface area contributed by atoms with Crippen LogP contribution in [-0.2, 0) is 14.8 Å². The molecule has 26 heavy (non-hydrogen) atoms. The Morgan fingerprint density at radius 2 is 1.85 bits per heavy atom. The van der Waals surface area contributed by atoms with Crippen molar-refractivity contribution in [3.63, 3.8) is 0 Å². The van der Waals surface area contributed by atoms with Crippen LogP contribution in [-0.4, -0.2) is 51.2 Å². The maximum atomic E-state index is 12.7. The predicted molar refractivity (Wildman–Crippen MR) is 102 cm³/mol. The number of carbonyl (C=O) groups is 1. The van der Waals surface area contributed by atoms with Gasteiger partial charge in [0.2, 0.25) is 10.0 Å². The Labute approximate surface area is 157 Å². The number of morpholine rings is 1. The highest BCUT2D eigenvalue weighted by Crippen LogP contribution is 2.23. The highest BCUT2D eigenvalue weighted by Gasteiger charge is 2.26. The van der Waals surface area contributed by atoms with Crippen molar-refractivity contribution in [3.05, 3.63) is 54.1 Å². The zero-order valence-electron chi connectivity index (χ0n) is 14.3. The molecule has 0 aliphatic carbocycles. The van der Waals surface area contributed by atoms with Crippen molar-refractivity contribution in [3.8, 4) is 0 Å². The van der Waals surface area contributed by atoms with Crippen LogP contribution in [0.2, 0.25) is 0 Å². The fourth-order valence-corrected chi connectivity index (χ4v) is 4.75. The van der Waals surface area contributed by atoms with E-state index in [9.17, 15) is 13.2 Å². The lowest BCUT2D eigenvalue weighted by molar-refractivity contribution is 0.0730. The fraction of sp³-hybridized carbons (Fsp3) is 0.278. The van der Waals surface area contributed by atoms with Gasteiger partial charge in [-0.15, -0.1) is 11.8 Å². The zero-order valence-corrected chi connectivity index (χ0v) is 16.0. The molecular weight excluding hydrogens is 372 g/mol. The first kappa shape index (κ1) is 18.9. The smallest absolute Gasteiger partial charge is 0.256 e. The van der Waals surface area contributed by atoms with Crippen molar-refractivity contribution < 1.29 is 17.9 Å². The van der Waals surface area contributed by atoms with Crippen LogP contribution in [0.25, 0.3) is 0 Å². The first-order chi connectivity index (χ1) is 12.5. The number of nitrogens with one attached hydrogen (secondary N) is 1. The van der Waals surface area contributed by atoms with Crippen molar-refractivity contribution in [2.45, 2.75) is 9.79 Å². The molecule has 2 aromatic rings. The summed E-state index contributed by atoms with van der Waals surface area (Å²) in [6, 6.07) is 13.6. The summed E-state index contributed by atoms with van der Waals surface area (Å²) in [4.78, 5) is 13.6. The molecule has 6 nitrogen and oxygen atoms in total. The van der Waals surface area contributed by atoms with Crippen LogP contribution >= 0.6 is 11.8 Å². The molecule has 0 atom stereocenters. The largest absolute Gasteiger partial charge is 0.379 e. The molecule has 1 aliphatic heterocycles. The SMILES string of the molecule is CSc1ccccc1C(=O)Nc1cccc(S(=O)(=O)N2CCOCC2)c1. The predicted octanol–water partition coefficient (Wildman–Crippen LogP) is 2.68. The number of hydrogen-bond donors (Lipinski definition) is 1. The second-order valence-electron chi connectivity index (χ2n) is 5.70. The van der Waals surface area contributed by atoms with E-state index in [0.717, 1.165) is 4.90 Å². The summed E-state index contributed by atoms with van der Waals surface area (Å²) in [5.74, 6) is -0.268. The Hall–Kier alpha value is -1.87. The minimum absolute atomic E-state index is 0.162. The summed E-state index contributed by atoms with van der Waals surface area (Å²) in [5, 5.41) is 2.79. The monoisotopic (exact) mass is 392 g/mol. The first-order valence-electron chi connectivity index (χ1n) is 8.15. The molecule has 8 heteroatoms. The van der Waals surface area contributed by atoms with E-state index in [0.29, 0.717) is 37.6 Å². The molecule has 0 aromatic heterocycles. The Morgan fingerprint density at radius 1 is 1.12 bits per heavy atom. The number of thioether (sulfide) groups is 1. The van der Waals surface area contributed by atoms with E-state index in [2.05, 4.69) is 5.32 Å². The van der Waals surface area contributed by atoms with Gasteiger partial charge < -0.3 is 10.1 Å². The highest BCUT2D eigenvalue weighted by atomic mass is 32.2. The molecule has 0 radical (unpaired) electrons. The van der Waals surface area contributed by atoms with Crippen LogP contribution in [0.1, 0.15) is 10.4 Å². The van der Waals surface area contributed by atoms with Gasteiger partial charge in [-0.25, -0.2) is 8.42 Å². The maximum absolute atomic E-state index is 12.7. The third kappa shape index (κ3) is 4.09. The first-order valence-corrected chi connectivity index (χ1v) is 10.8. The topological polar surface area (TPSA) is 75.7 Å². The van der Waals surface area contributed by atoms with Gasteiger partial charge >= 0.3 is 0 Å². The van der Waals surface area contributed by atoms with Crippen molar-refractivity contribution >= 4 is 33.4 Å². The average molecular weight is 393 g/mol. The number of amides is 1. The molecule has 0 bridgehead atoms. The van der Waals surface area contributed by atoms with Gasteiger partial charge in [-0.05, 0) is 36.6 Å². The van der Waals surface area contributed by atoms with Crippen LogP contribution in [0.15, 0.2) is 58.3 Å². The Balaban J connectivity index is 1.82. The van der Waals surface area contributed by atoms with Gasteiger partial charge in [0, 0.05) is 23.7 Å². The van der Waals surface area contributed by atoms with Crippen LogP contribution in [0.5, 0.6) is 0 Å². The molecule has 138 valence electrons. The molecule has 1 N–H and O–H groups in total.